The summed E-state index contributed by atoms with van der Waals surface area (Å²) in [5.74, 6) is -18.7. The minimum Gasteiger partial charge on any atom is -0.207 e. The monoisotopic (exact) mass is 864 g/mol. The van der Waals surface area contributed by atoms with Gasteiger partial charge in [-0.3, -0.25) is 0 Å². The SMILES string of the molecule is Cc1sc(C(C#N)=C2C(F)=c3c(c4c(c5c3=C(F)/C(=C(\C#N)c3nc(F)c(C(F)(F)F)s3)C=5F)=C(F)/C(=C(\C#N)c3nc(F)c(C(F)(F)F)s3)C=4F)=C2F)nc1F. The summed E-state index contributed by atoms with van der Waals surface area (Å²) in [4.78, 5) is 4.73. The highest BCUT2D eigenvalue weighted by molar-refractivity contribution is 7.13. The third-order valence-electron chi connectivity index (χ3n) is 8.29. The molecule has 57 heavy (non-hydrogen) atoms. The molecule has 0 N–H and O–H groups in total. The number of alkyl halides is 6. The van der Waals surface area contributed by atoms with E-state index in [-0.39, 0.29) is 4.88 Å². The van der Waals surface area contributed by atoms with Gasteiger partial charge in [0.1, 0.15) is 84.9 Å². The molecule has 0 spiro atoms. The number of thiazole rings is 3. The maximum atomic E-state index is 16.7. The minimum absolute atomic E-state index is 0.235. The number of allylic oxidation sites excluding steroid dienone is 6. The van der Waals surface area contributed by atoms with Crippen LogP contribution < -0.4 is 31.3 Å². The largest absolute Gasteiger partial charge is 0.430 e. The summed E-state index contributed by atoms with van der Waals surface area (Å²) in [6.07, 6.45) is -10.9. The van der Waals surface area contributed by atoms with Gasteiger partial charge < -0.3 is 0 Å². The zero-order valence-corrected chi connectivity index (χ0v) is 29.0. The first-order valence-corrected chi connectivity index (χ1v) is 17.0. The van der Waals surface area contributed by atoms with Crippen LogP contribution in [0.1, 0.15) is 29.7 Å². The molecule has 24 heteroatoms. The van der Waals surface area contributed by atoms with Gasteiger partial charge in [-0.05, 0) is 6.92 Å². The maximum absolute atomic E-state index is 16.7. The van der Waals surface area contributed by atoms with Gasteiger partial charge >= 0.3 is 12.4 Å². The Bertz CT molecular complexity index is 3040. The molecule has 3 aliphatic rings. The Kier molecular flexibility index (Phi) is 8.95. The summed E-state index contributed by atoms with van der Waals surface area (Å²) in [6.45, 7) is 1.13. The van der Waals surface area contributed by atoms with E-state index in [1.807, 2.05) is 0 Å². The third-order valence-corrected chi connectivity index (χ3v) is 11.4. The van der Waals surface area contributed by atoms with Crippen molar-refractivity contribution in [2.24, 2.45) is 0 Å². The number of fused-ring (bicyclic) bond motifs is 6. The number of halogens is 15. The fourth-order valence-corrected chi connectivity index (χ4v) is 8.47. The van der Waals surface area contributed by atoms with Gasteiger partial charge in [-0.25, -0.2) is 41.3 Å². The van der Waals surface area contributed by atoms with Gasteiger partial charge in [-0.15, -0.1) is 34.0 Å². The molecule has 0 bridgehead atoms. The Labute approximate surface area is 314 Å². The summed E-state index contributed by atoms with van der Waals surface area (Å²) >= 11 is -0.922. The molecule has 288 valence electrons. The second kappa shape index (κ2) is 13.0. The van der Waals surface area contributed by atoms with Gasteiger partial charge in [-0.1, -0.05) is 0 Å². The molecule has 0 unspecified atom stereocenters. The molecule has 0 fully saturated rings. The van der Waals surface area contributed by atoms with E-state index in [4.69, 9.17) is 0 Å². The lowest BCUT2D eigenvalue weighted by molar-refractivity contribution is -0.137. The number of aromatic nitrogens is 3. The number of aryl methyl sites for hydroxylation is 1. The van der Waals surface area contributed by atoms with Crippen LogP contribution in [-0.4, -0.2) is 15.0 Å². The van der Waals surface area contributed by atoms with Crippen molar-refractivity contribution >= 4 is 85.7 Å². The first-order valence-electron chi connectivity index (χ1n) is 14.6. The van der Waals surface area contributed by atoms with Crippen LogP contribution in [0.25, 0.3) is 51.7 Å². The molecule has 0 amide bonds. The second-order valence-corrected chi connectivity index (χ2v) is 14.6. The van der Waals surface area contributed by atoms with E-state index in [1.54, 1.807) is 0 Å². The van der Waals surface area contributed by atoms with Gasteiger partial charge in [0, 0.05) is 31.3 Å². The number of benzene rings is 1. The average molecular weight is 865 g/mol. The first kappa shape index (κ1) is 39.2. The maximum Gasteiger partial charge on any atom is 0.430 e. The molecule has 3 aliphatic carbocycles. The Morgan fingerprint density at radius 1 is 0.439 bits per heavy atom. The smallest absolute Gasteiger partial charge is 0.207 e. The number of rotatable bonds is 3. The fraction of sp³-hybridized carbons (Fsp3) is 0.0909. The van der Waals surface area contributed by atoms with Crippen LogP contribution >= 0.6 is 34.0 Å². The van der Waals surface area contributed by atoms with Gasteiger partial charge in [0.2, 0.25) is 17.8 Å². The molecule has 0 aliphatic heterocycles. The number of hydrogen-bond acceptors (Lipinski definition) is 9. The van der Waals surface area contributed by atoms with E-state index in [9.17, 15) is 55.3 Å². The summed E-state index contributed by atoms with van der Waals surface area (Å²) in [5.41, 5.74) is -9.29. The molecule has 0 atom stereocenters. The lowest BCUT2D eigenvalue weighted by atomic mass is 10.1. The van der Waals surface area contributed by atoms with Gasteiger partial charge in [0.05, 0.1) is 21.6 Å². The van der Waals surface area contributed by atoms with E-state index in [0.29, 0.717) is 11.3 Å². The predicted octanol–water partition coefficient (Wildman–Crippen LogP) is 6.26. The van der Waals surface area contributed by atoms with Crippen molar-refractivity contribution in [2.75, 3.05) is 0 Å². The second-order valence-electron chi connectivity index (χ2n) is 11.4. The molecule has 0 radical (unpaired) electrons. The van der Waals surface area contributed by atoms with Gasteiger partial charge in [-0.2, -0.15) is 55.3 Å². The van der Waals surface area contributed by atoms with Crippen molar-refractivity contribution < 1.29 is 65.9 Å². The third kappa shape index (κ3) is 5.55. The zero-order chi connectivity index (χ0) is 42.0. The van der Waals surface area contributed by atoms with E-state index in [0.717, 1.165) is 19.1 Å². The van der Waals surface area contributed by atoms with E-state index >= 15 is 26.3 Å². The predicted molar refractivity (Wildman–Crippen MR) is 170 cm³/mol. The highest BCUT2D eigenvalue weighted by Gasteiger charge is 2.42. The Morgan fingerprint density at radius 3 is 0.877 bits per heavy atom. The van der Waals surface area contributed by atoms with E-state index in [1.165, 1.54) is 6.07 Å². The van der Waals surface area contributed by atoms with Crippen LogP contribution in [0, 0.1) is 58.8 Å². The molecule has 3 heterocycles. The average Bonchev–Trinajstić information content (AvgIpc) is 3.95. The lowest BCUT2D eigenvalue weighted by Crippen LogP contribution is -2.64. The van der Waals surface area contributed by atoms with Crippen molar-refractivity contribution in [1.29, 1.82) is 15.8 Å². The van der Waals surface area contributed by atoms with Gasteiger partial charge in [0.25, 0.3) is 0 Å². The van der Waals surface area contributed by atoms with E-state index < -0.39 is 177 Å². The molecule has 1 aromatic carbocycles. The highest BCUT2D eigenvalue weighted by atomic mass is 32.1. The molecule has 3 aromatic heterocycles. The Hall–Kier alpha value is -6.03. The number of hydrogen-bond donors (Lipinski definition) is 0. The topological polar surface area (TPSA) is 110 Å². The van der Waals surface area contributed by atoms with E-state index in [2.05, 4.69) is 15.0 Å². The molecule has 0 saturated carbocycles. The zero-order valence-electron chi connectivity index (χ0n) is 26.6. The van der Waals surface area contributed by atoms with Crippen LogP contribution in [0.3, 0.4) is 0 Å². The standard InChI is InChI=1S/C33H3F15N6S3/c1-5-26(40)52-29(55-5)6(2-49)9-18(34)12-13(19(9)35)15-17(23(39)11(21(15)37)8(4-51)31-54-28(42)25(57-31)33(46,47)48)16-14(12)20(36)10(22(16)38)7(3-50)30-53-27(41)24(56-30)32(43,44)45/h1H3/b9-6?,10-7-,11-8+. The molecule has 7 rings (SSSR count). The Morgan fingerprint density at radius 2 is 0.684 bits per heavy atom. The van der Waals surface area contributed by atoms with Crippen molar-refractivity contribution in [3.8, 4) is 18.2 Å². The summed E-state index contributed by atoms with van der Waals surface area (Å²) in [7, 11) is 0. The molecule has 6 nitrogen and oxygen atoms in total. The van der Waals surface area contributed by atoms with Crippen LogP contribution in [0.4, 0.5) is 65.9 Å². The van der Waals surface area contributed by atoms with Crippen LogP contribution in [0.2, 0.25) is 0 Å². The van der Waals surface area contributed by atoms with Gasteiger partial charge in [0.15, 0.2) is 9.75 Å². The normalized spacial score (nSPS) is 17.8. The summed E-state index contributed by atoms with van der Waals surface area (Å²) < 4.78 is 223. The molecule has 0 saturated heterocycles. The van der Waals surface area contributed by atoms with Crippen LogP contribution in [-0.2, 0) is 12.4 Å². The number of nitriles is 3. The summed E-state index contributed by atoms with van der Waals surface area (Å²) in [6, 6.07) is 3.53. The quantitative estimate of drug-likeness (QED) is 0.178. The van der Waals surface area contributed by atoms with Crippen molar-refractivity contribution in [1.82, 2.24) is 15.0 Å². The fourth-order valence-electron chi connectivity index (χ4n) is 6.05. The molecular weight excluding hydrogens is 862 g/mol. The van der Waals surface area contributed by atoms with Crippen molar-refractivity contribution in [2.45, 2.75) is 19.3 Å². The van der Waals surface area contributed by atoms with Crippen LogP contribution in [0.15, 0.2) is 16.7 Å². The van der Waals surface area contributed by atoms with Crippen LogP contribution in [0.5, 0.6) is 0 Å². The van der Waals surface area contributed by atoms with Crippen molar-refractivity contribution in [3.63, 3.8) is 0 Å². The summed E-state index contributed by atoms with van der Waals surface area (Å²) in [5, 5.41) is 16.7. The first-order chi connectivity index (χ1) is 26.6. The Balaban J connectivity index is 1.76. The molecule has 4 aromatic rings. The lowest BCUT2D eigenvalue weighted by Gasteiger charge is -2.02. The molecular formula is C33H3F15N6S3. The highest BCUT2D eigenvalue weighted by Crippen LogP contribution is 2.43. The number of nitrogens with zero attached hydrogens (tertiary/aromatic N) is 6. The minimum atomic E-state index is -5.46. The van der Waals surface area contributed by atoms with Crippen molar-refractivity contribution in [3.05, 3.63) is 95.5 Å².